The predicted molar refractivity (Wildman–Crippen MR) is 70.5 cm³/mol. The molecule has 0 unspecified atom stereocenters. The molecule has 1 nitrogen and oxygen atoms in total. The second-order valence-corrected chi connectivity index (χ2v) is 4.89. The number of fused-ring (bicyclic) bond motifs is 1. The normalized spacial score (nSPS) is 14.0. The Bertz CT molecular complexity index is 665. The van der Waals surface area contributed by atoms with Crippen molar-refractivity contribution < 1.29 is 17.9 Å². The SMILES string of the molecule is FC(F)(F)c1cc2c(c(-c3ccccc3Cl)c1)O[CH]C2. The Morgan fingerprint density at radius 3 is 2.50 bits per heavy atom. The third-order valence-corrected chi connectivity index (χ3v) is 3.49. The average Bonchev–Trinajstić information content (AvgIpc) is 2.85. The molecule has 1 radical (unpaired) electrons. The van der Waals surface area contributed by atoms with Crippen molar-refractivity contribution in [1.82, 2.24) is 0 Å². The fourth-order valence-electron chi connectivity index (χ4n) is 2.24. The van der Waals surface area contributed by atoms with Crippen LogP contribution in [0.5, 0.6) is 5.75 Å². The van der Waals surface area contributed by atoms with Gasteiger partial charge in [-0.2, -0.15) is 13.2 Å². The third kappa shape index (κ3) is 2.24. The van der Waals surface area contributed by atoms with E-state index in [1.807, 2.05) is 0 Å². The zero-order valence-corrected chi connectivity index (χ0v) is 10.9. The van der Waals surface area contributed by atoms with Crippen LogP contribution in [0.4, 0.5) is 13.2 Å². The van der Waals surface area contributed by atoms with E-state index in [2.05, 4.69) is 0 Å². The Labute approximate surface area is 118 Å². The lowest BCUT2D eigenvalue weighted by molar-refractivity contribution is -0.137. The molecule has 0 fully saturated rings. The Kier molecular flexibility index (Phi) is 3.13. The summed E-state index contributed by atoms with van der Waals surface area (Å²) in [6.45, 7) is 1.49. The average molecular weight is 298 g/mol. The molecule has 0 saturated heterocycles. The molecule has 0 aromatic heterocycles. The highest BCUT2D eigenvalue weighted by Crippen LogP contribution is 2.44. The molecule has 1 aliphatic heterocycles. The minimum Gasteiger partial charge on any atom is -0.485 e. The fourth-order valence-corrected chi connectivity index (χ4v) is 2.48. The molecular weight excluding hydrogens is 289 g/mol. The van der Waals surface area contributed by atoms with Gasteiger partial charge < -0.3 is 4.74 Å². The Balaban J connectivity index is 2.25. The van der Waals surface area contributed by atoms with Gasteiger partial charge in [0.25, 0.3) is 0 Å². The van der Waals surface area contributed by atoms with E-state index in [4.69, 9.17) is 16.3 Å². The summed E-state index contributed by atoms with van der Waals surface area (Å²) in [7, 11) is 0. The van der Waals surface area contributed by atoms with E-state index in [0.29, 0.717) is 33.9 Å². The molecule has 2 aromatic carbocycles. The molecule has 1 heterocycles. The van der Waals surface area contributed by atoms with Crippen LogP contribution >= 0.6 is 11.6 Å². The molecule has 0 bridgehead atoms. The van der Waals surface area contributed by atoms with Crippen LogP contribution in [0.1, 0.15) is 11.1 Å². The van der Waals surface area contributed by atoms with Crippen molar-refractivity contribution in [3.8, 4) is 16.9 Å². The first kappa shape index (κ1) is 13.3. The van der Waals surface area contributed by atoms with Crippen LogP contribution in [0, 0.1) is 6.61 Å². The molecule has 0 N–H and O–H groups in total. The van der Waals surface area contributed by atoms with E-state index in [1.165, 1.54) is 6.61 Å². The van der Waals surface area contributed by atoms with Crippen molar-refractivity contribution >= 4 is 11.6 Å². The quantitative estimate of drug-likeness (QED) is 0.709. The van der Waals surface area contributed by atoms with E-state index in [1.54, 1.807) is 24.3 Å². The second kappa shape index (κ2) is 4.70. The van der Waals surface area contributed by atoms with Gasteiger partial charge in [-0.15, -0.1) is 0 Å². The van der Waals surface area contributed by atoms with E-state index >= 15 is 0 Å². The van der Waals surface area contributed by atoms with Crippen molar-refractivity contribution in [2.24, 2.45) is 0 Å². The number of benzene rings is 2. The third-order valence-electron chi connectivity index (χ3n) is 3.16. The smallest absolute Gasteiger partial charge is 0.416 e. The summed E-state index contributed by atoms with van der Waals surface area (Å²) in [6.07, 6.45) is -4.04. The molecule has 103 valence electrons. The van der Waals surface area contributed by atoms with E-state index < -0.39 is 11.7 Å². The van der Waals surface area contributed by atoms with Crippen LogP contribution in [-0.2, 0) is 12.6 Å². The molecule has 1 aliphatic rings. The summed E-state index contributed by atoms with van der Waals surface area (Å²) in [4.78, 5) is 0. The Morgan fingerprint density at radius 1 is 1.05 bits per heavy atom. The van der Waals surface area contributed by atoms with Crippen LogP contribution in [0.2, 0.25) is 5.02 Å². The molecule has 0 saturated carbocycles. The van der Waals surface area contributed by atoms with Crippen LogP contribution in [-0.4, -0.2) is 0 Å². The van der Waals surface area contributed by atoms with Crippen molar-refractivity contribution in [2.45, 2.75) is 12.6 Å². The van der Waals surface area contributed by atoms with Crippen LogP contribution in [0.3, 0.4) is 0 Å². The van der Waals surface area contributed by atoms with Crippen molar-refractivity contribution in [3.63, 3.8) is 0 Å². The largest absolute Gasteiger partial charge is 0.485 e. The van der Waals surface area contributed by atoms with Gasteiger partial charge in [-0.25, -0.2) is 0 Å². The number of halogens is 4. The maximum atomic E-state index is 13.0. The van der Waals surface area contributed by atoms with E-state index in [0.717, 1.165) is 12.1 Å². The maximum Gasteiger partial charge on any atom is 0.416 e. The molecule has 2 aromatic rings. The molecule has 0 atom stereocenters. The van der Waals surface area contributed by atoms with Gasteiger partial charge in [0, 0.05) is 22.6 Å². The second-order valence-electron chi connectivity index (χ2n) is 4.48. The summed E-state index contributed by atoms with van der Waals surface area (Å²) < 4.78 is 44.3. The van der Waals surface area contributed by atoms with Gasteiger partial charge in [0.2, 0.25) is 0 Å². The van der Waals surface area contributed by atoms with Crippen LogP contribution in [0.15, 0.2) is 36.4 Å². The zero-order valence-electron chi connectivity index (χ0n) is 10.2. The molecular formula is C15H9ClF3O. The molecule has 0 amide bonds. The van der Waals surface area contributed by atoms with Gasteiger partial charge >= 0.3 is 6.18 Å². The first-order valence-corrected chi connectivity index (χ1v) is 6.32. The zero-order chi connectivity index (χ0) is 14.3. The summed E-state index contributed by atoms with van der Waals surface area (Å²) in [5.74, 6) is 0.450. The monoisotopic (exact) mass is 297 g/mol. The minimum absolute atomic E-state index is 0.358. The number of hydrogen-bond donors (Lipinski definition) is 0. The molecule has 20 heavy (non-hydrogen) atoms. The number of rotatable bonds is 1. The fraction of sp³-hybridized carbons (Fsp3) is 0.133. The van der Waals surface area contributed by atoms with E-state index in [9.17, 15) is 13.2 Å². The summed E-state index contributed by atoms with van der Waals surface area (Å²) in [5, 5.41) is 0.393. The van der Waals surface area contributed by atoms with Gasteiger partial charge in [0.15, 0.2) is 0 Å². The highest BCUT2D eigenvalue weighted by atomic mass is 35.5. The molecule has 3 rings (SSSR count). The number of alkyl halides is 3. The van der Waals surface area contributed by atoms with Crippen LogP contribution < -0.4 is 4.74 Å². The van der Waals surface area contributed by atoms with Gasteiger partial charge in [0.1, 0.15) is 12.4 Å². The maximum absolute atomic E-state index is 13.0. The first-order valence-electron chi connectivity index (χ1n) is 5.94. The summed E-state index contributed by atoms with van der Waals surface area (Å²) in [6, 6.07) is 8.99. The minimum atomic E-state index is -4.40. The Hall–Kier alpha value is -1.68. The lowest BCUT2D eigenvalue weighted by atomic mass is 9.97. The molecule has 0 spiro atoms. The lowest BCUT2D eigenvalue weighted by Crippen LogP contribution is -2.06. The summed E-state index contributed by atoms with van der Waals surface area (Å²) in [5.41, 5.74) is 0.737. The van der Waals surface area contributed by atoms with E-state index in [-0.39, 0.29) is 0 Å². The predicted octanol–water partition coefficient (Wildman–Crippen LogP) is 5.12. The first-order chi connectivity index (χ1) is 9.47. The van der Waals surface area contributed by atoms with Gasteiger partial charge in [0.05, 0.1) is 5.56 Å². The Morgan fingerprint density at radius 2 is 1.80 bits per heavy atom. The highest BCUT2D eigenvalue weighted by molar-refractivity contribution is 6.33. The lowest BCUT2D eigenvalue weighted by Gasteiger charge is -2.14. The van der Waals surface area contributed by atoms with Crippen molar-refractivity contribution in [1.29, 1.82) is 0 Å². The van der Waals surface area contributed by atoms with Gasteiger partial charge in [-0.3, -0.25) is 0 Å². The topological polar surface area (TPSA) is 9.23 Å². The number of hydrogen-bond acceptors (Lipinski definition) is 1. The van der Waals surface area contributed by atoms with Crippen molar-refractivity contribution in [2.75, 3.05) is 0 Å². The van der Waals surface area contributed by atoms with Crippen LogP contribution in [0.25, 0.3) is 11.1 Å². The van der Waals surface area contributed by atoms with Crippen molar-refractivity contribution in [3.05, 3.63) is 59.2 Å². The number of ether oxygens (including phenoxy) is 1. The van der Waals surface area contributed by atoms with Gasteiger partial charge in [-0.05, 0) is 23.8 Å². The summed E-state index contributed by atoms with van der Waals surface area (Å²) >= 11 is 6.08. The molecule has 0 aliphatic carbocycles. The van der Waals surface area contributed by atoms with Gasteiger partial charge in [-0.1, -0.05) is 29.8 Å². The standard InChI is InChI=1S/C15H9ClF3O/c16-13-4-2-1-3-11(13)12-8-10(15(17,18)19)7-9-5-6-20-14(9)12/h1-4,6-8H,5H2. The molecule has 5 heteroatoms. The highest BCUT2D eigenvalue weighted by Gasteiger charge is 2.33.